The molecule has 11 heteroatoms. The molecule has 1 aliphatic rings. The summed E-state index contributed by atoms with van der Waals surface area (Å²) in [5.41, 5.74) is 4.61. The van der Waals surface area contributed by atoms with Crippen molar-refractivity contribution in [3.63, 3.8) is 0 Å². The number of hydrogen-bond donors (Lipinski definition) is 2. The van der Waals surface area contributed by atoms with Gasteiger partial charge in [0.25, 0.3) is 5.91 Å². The molecule has 3 rings (SSSR count). The Morgan fingerprint density at radius 3 is 2.71 bits per heavy atom. The van der Waals surface area contributed by atoms with Crippen LogP contribution in [0.5, 0.6) is 0 Å². The summed E-state index contributed by atoms with van der Waals surface area (Å²) in [6, 6.07) is 6.78. The summed E-state index contributed by atoms with van der Waals surface area (Å²) in [7, 11) is 0. The van der Waals surface area contributed by atoms with E-state index < -0.39 is 40.6 Å². The van der Waals surface area contributed by atoms with Gasteiger partial charge in [-0.2, -0.15) is 0 Å². The number of carbonyl (C=O) groups is 2. The monoisotopic (exact) mass is 522 g/mol. The predicted octanol–water partition coefficient (Wildman–Crippen LogP) is 4.87. The minimum atomic E-state index is -1.70. The lowest BCUT2D eigenvalue weighted by Crippen LogP contribution is -2.50. The first-order chi connectivity index (χ1) is 16.5. The molecule has 1 aliphatic heterocycles. The van der Waals surface area contributed by atoms with Crippen molar-refractivity contribution in [1.82, 2.24) is 4.98 Å². The van der Waals surface area contributed by atoms with E-state index in [0.717, 1.165) is 17.8 Å². The largest absolute Gasteiger partial charge is 0.463 e. The van der Waals surface area contributed by atoms with E-state index in [9.17, 15) is 14.0 Å². The van der Waals surface area contributed by atoms with Crippen LogP contribution < -0.4 is 11.1 Å². The Hall–Kier alpha value is -2.98. The third-order valence-corrected chi connectivity index (χ3v) is 7.36. The molecule has 0 saturated carbocycles. The number of amidine groups is 1. The quantitative estimate of drug-likeness (QED) is 0.397. The minimum Gasteiger partial charge on any atom is -0.463 e. The standard InChI is InChI=1S/C24H25ClF2N4O3S/c1-4-34-20(32)9-10-23(3)14(2)24(13-26,31-22(28)35-23)17-11-16(6-7-18(17)27)30-21(33)19-8-5-15(25)12-29-19/h5-12,14H,4,13H2,1-3H3,(H2,28,31)(H,30,33)/b10-9+/t14?,23-,24+/m1/s1. The maximum atomic E-state index is 15.1. The number of ether oxygens (including phenoxy) is 1. The zero-order valence-corrected chi connectivity index (χ0v) is 20.9. The number of anilines is 1. The van der Waals surface area contributed by atoms with Gasteiger partial charge in [-0.15, -0.1) is 0 Å². The number of pyridine rings is 1. The molecule has 2 aromatic rings. The molecule has 7 nitrogen and oxygen atoms in total. The van der Waals surface area contributed by atoms with E-state index in [-0.39, 0.29) is 28.7 Å². The summed E-state index contributed by atoms with van der Waals surface area (Å²) in [6.07, 6.45) is 4.15. The molecule has 1 aromatic heterocycles. The van der Waals surface area contributed by atoms with E-state index in [1.165, 1.54) is 36.5 Å². The van der Waals surface area contributed by atoms with Crippen molar-refractivity contribution in [3.05, 3.63) is 70.8 Å². The van der Waals surface area contributed by atoms with E-state index in [2.05, 4.69) is 15.3 Å². The number of nitrogens with zero attached hydrogens (tertiary/aromatic N) is 2. The van der Waals surface area contributed by atoms with Crippen LogP contribution in [0.25, 0.3) is 0 Å². The number of thioether (sulfide) groups is 1. The van der Waals surface area contributed by atoms with Crippen molar-refractivity contribution in [2.45, 2.75) is 31.1 Å². The van der Waals surface area contributed by atoms with Gasteiger partial charge in [0.15, 0.2) is 5.17 Å². The first-order valence-electron chi connectivity index (χ1n) is 10.7. The third kappa shape index (κ3) is 5.65. The van der Waals surface area contributed by atoms with E-state index in [0.29, 0.717) is 5.02 Å². The van der Waals surface area contributed by atoms with E-state index >= 15 is 4.39 Å². The minimum absolute atomic E-state index is 0.0379. The molecular weight excluding hydrogens is 498 g/mol. The van der Waals surface area contributed by atoms with Gasteiger partial charge in [0.2, 0.25) is 0 Å². The maximum absolute atomic E-state index is 15.1. The van der Waals surface area contributed by atoms with Crippen LogP contribution in [0, 0.1) is 11.7 Å². The zero-order chi connectivity index (χ0) is 25.8. The number of aromatic nitrogens is 1. The number of benzene rings is 1. The molecule has 2 heterocycles. The Bertz CT molecular complexity index is 1180. The summed E-state index contributed by atoms with van der Waals surface area (Å²) in [5.74, 6) is -2.47. The summed E-state index contributed by atoms with van der Waals surface area (Å²) in [5, 5.41) is 3.04. The van der Waals surface area contributed by atoms with E-state index in [1.54, 1.807) is 26.8 Å². The maximum Gasteiger partial charge on any atom is 0.330 e. The Kier molecular flexibility index (Phi) is 8.17. The lowest BCUT2D eigenvalue weighted by molar-refractivity contribution is -0.137. The summed E-state index contributed by atoms with van der Waals surface area (Å²) in [4.78, 5) is 32.8. The van der Waals surface area contributed by atoms with Gasteiger partial charge >= 0.3 is 5.97 Å². The fourth-order valence-electron chi connectivity index (χ4n) is 3.86. The molecule has 0 bridgehead atoms. The molecule has 3 atom stereocenters. The molecule has 0 fully saturated rings. The molecule has 0 spiro atoms. The lowest BCUT2D eigenvalue weighted by atomic mass is 9.73. The second kappa shape index (κ2) is 10.7. The molecule has 0 saturated heterocycles. The Balaban J connectivity index is 2.00. The molecule has 186 valence electrons. The smallest absolute Gasteiger partial charge is 0.330 e. The topological polar surface area (TPSA) is 107 Å². The van der Waals surface area contributed by atoms with Crippen molar-refractivity contribution in [3.8, 4) is 0 Å². The van der Waals surface area contributed by atoms with Crippen LogP contribution in [0.4, 0.5) is 14.5 Å². The van der Waals surface area contributed by atoms with Crippen LogP contribution in [-0.2, 0) is 15.1 Å². The number of nitrogens with two attached hydrogens (primary N) is 1. The van der Waals surface area contributed by atoms with Crippen LogP contribution >= 0.6 is 23.4 Å². The van der Waals surface area contributed by atoms with Crippen molar-refractivity contribution in [2.24, 2.45) is 16.6 Å². The highest BCUT2D eigenvalue weighted by molar-refractivity contribution is 8.15. The molecular formula is C24H25ClF2N4O3S. The van der Waals surface area contributed by atoms with Gasteiger partial charge in [-0.1, -0.05) is 36.4 Å². The molecule has 1 amide bonds. The highest BCUT2D eigenvalue weighted by atomic mass is 35.5. The van der Waals surface area contributed by atoms with Crippen molar-refractivity contribution >= 4 is 46.1 Å². The highest BCUT2D eigenvalue weighted by Gasteiger charge is 2.52. The van der Waals surface area contributed by atoms with Gasteiger partial charge in [0.05, 0.1) is 11.6 Å². The Morgan fingerprint density at radius 2 is 2.09 bits per heavy atom. The molecule has 1 aromatic carbocycles. The summed E-state index contributed by atoms with van der Waals surface area (Å²) >= 11 is 6.95. The van der Waals surface area contributed by atoms with E-state index in [1.807, 2.05) is 0 Å². The SMILES string of the molecule is CCOC(=O)/C=C/[C@@]1(C)SC(N)=N[C@](CF)(c2cc(NC(=O)c3ccc(Cl)cn3)ccc2F)C1C. The van der Waals surface area contributed by atoms with Gasteiger partial charge in [-0.3, -0.25) is 4.79 Å². The van der Waals surface area contributed by atoms with Crippen LogP contribution in [0.15, 0.2) is 53.7 Å². The van der Waals surface area contributed by atoms with Crippen molar-refractivity contribution in [2.75, 3.05) is 18.6 Å². The molecule has 35 heavy (non-hydrogen) atoms. The van der Waals surface area contributed by atoms with Crippen molar-refractivity contribution < 1.29 is 23.1 Å². The van der Waals surface area contributed by atoms with Gasteiger partial charge in [0, 0.05) is 34.2 Å². The average Bonchev–Trinajstić information content (AvgIpc) is 2.82. The van der Waals surface area contributed by atoms with Gasteiger partial charge < -0.3 is 15.8 Å². The van der Waals surface area contributed by atoms with Crippen LogP contribution in [0.3, 0.4) is 0 Å². The number of amides is 1. The third-order valence-electron chi connectivity index (χ3n) is 5.90. The summed E-state index contributed by atoms with van der Waals surface area (Å²) < 4.78 is 34.0. The van der Waals surface area contributed by atoms with Gasteiger partial charge in [-0.25, -0.2) is 23.6 Å². The number of esters is 1. The summed E-state index contributed by atoms with van der Waals surface area (Å²) in [6.45, 7) is 4.29. The number of aliphatic imine (C=N–C) groups is 1. The number of carbonyl (C=O) groups excluding carboxylic acids is 2. The number of rotatable bonds is 7. The first-order valence-corrected chi connectivity index (χ1v) is 11.9. The number of halogens is 3. The zero-order valence-electron chi connectivity index (χ0n) is 19.3. The molecule has 0 radical (unpaired) electrons. The normalized spacial score (nSPS) is 24.2. The van der Waals surface area contributed by atoms with E-state index in [4.69, 9.17) is 22.1 Å². The fraction of sp³-hybridized carbons (Fsp3) is 0.333. The number of alkyl halides is 1. The van der Waals surface area contributed by atoms with Gasteiger partial charge in [0.1, 0.15) is 23.7 Å². The Labute approximate surface area is 211 Å². The second-order valence-electron chi connectivity index (χ2n) is 8.11. The predicted molar refractivity (Wildman–Crippen MR) is 134 cm³/mol. The molecule has 3 N–H and O–H groups in total. The van der Waals surface area contributed by atoms with Gasteiger partial charge in [-0.05, 0) is 44.2 Å². The lowest BCUT2D eigenvalue weighted by Gasteiger charge is -2.46. The second-order valence-corrected chi connectivity index (χ2v) is 10.0. The number of hydrogen-bond acceptors (Lipinski definition) is 7. The first kappa shape index (κ1) is 26.6. The highest BCUT2D eigenvalue weighted by Crippen LogP contribution is 2.51. The number of nitrogens with one attached hydrogen (secondary N) is 1. The van der Waals surface area contributed by atoms with Crippen LogP contribution in [0.2, 0.25) is 5.02 Å². The molecule has 1 unspecified atom stereocenters. The molecule has 0 aliphatic carbocycles. The van der Waals surface area contributed by atoms with Crippen LogP contribution in [-0.4, -0.2) is 40.1 Å². The van der Waals surface area contributed by atoms with Crippen molar-refractivity contribution in [1.29, 1.82) is 0 Å². The average molecular weight is 523 g/mol. The Morgan fingerprint density at radius 1 is 1.34 bits per heavy atom. The fourth-order valence-corrected chi connectivity index (χ4v) is 5.14. The van der Waals surface area contributed by atoms with Crippen LogP contribution in [0.1, 0.15) is 36.8 Å².